The Labute approximate surface area is 129 Å². The quantitative estimate of drug-likeness (QED) is 0.538. The van der Waals surface area contributed by atoms with Crippen LogP contribution in [0.5, 0.6) is 5.75 Å². The molecule has 2 aromatic rings. The zero-order chi connectivity index (χ0) is 9.10. The Kier molecular flexibility index (Phi) is 5.47. The number of hydrogen-bond acceptors (Lipinski definition) is 3. The van der Waals surface area contributed by atoms with Gasteiger partial charge in [0.1, 0.15) is 5.75 Å². The summed E-state index contributed by atoms with van der Waals surface area (Å²) in [5, 5.41) is 2.22. The van der Waals surface area contributed by atoms with Crippen LogP contribution in [0.1, 0.15) is 0 Å². The summed E-state index contributed by atoms with van der Waals surface area (Å²) in [7, 11) is 0. The van der Waals surface area contributed by atoms with E-state index in [1.54, 1.807) is 6.07 Å². The van der Waals surface area contributed by atoms with Gasteiger partial charge >= 0.3 is 51.4 Å². The Morgan fingerprint density at radius 2 is 1.71 bits per heavy atom. The van der Waals surface area contributed by atoms with E-state index in [9.17, 15) is 4.55 Å². The first-order chi connectivity index (χ1) is 6.40. The first kappa shape index (κ1) is 12.5. The molecule has 0 heterocycles. The van der Waals surface area contributed by atoms with E-state index in [0.717, 1.165) is 10.8 Å². The molecular formula is C10H7KO2S. The summed E-state index contributed by atoms with van der Waals surface area (Å²) >= 11 is 0.113. The Morgan fingerprint density at radius 1 is 1.00 bits per heavy atom. The van der Waals surface area contributed by atoms with E-state index in [4.69, 9.17) is 4.18 Å². The van der Waals surface area contributed by atoms with Crippen molar-refractivity contribution in [3.8, 4) is 5.75 Å². The smallest absolute Gasteiger partial charge is 0.766 e. The van der Waals surface area contributed by atoms with Gasteiger partial charge in [0, 0.05) is 0 Å². The van der Waals surface area contributed by atoms with Gasteiger partial charge in [-0.3, -0.25) is 0 Å². The molecular weight excluding hydrogens is 223 g/mol. The van der Waals surface area contributed by atoms with Crippen molar-refractivity contribution in [1.29, 1.82) is 0 Å². The van der Waals surface area contributed by atoms with Gasteiger partial charge < -0.3 is 8.74 Å². The predicted octanol–water partition coefficient (Wildman–Crippen LogP) is 0.00120. The van der Waals surface area contributed by atoms with Gasteiger partial charge in [0.25, 0.3) is 0 Å². The molecule has 0 saturated heterocycles. The summed E-state index contributed by atoms with van der Waals surface area (Å²) in [6, 6.07) is 13.5. The molecule has 0 aliphatic rings. The third-order valence-corrected chi connectivity index (χ3v) is 2.11. The van der Waals surface area contributed by atoms with Gasteiger partial charge in [-0.05, 0) is 35.2 Å². The molecule has 4 heteroatoms. The third-order valence-electron chi connectivity index (χ3n) is 1.85. The molecule has 14 heavy (non-hydrogen) atoms. The van der Waals surface area contributed by atoms with Gasteiger partial charge in [-0.25, -0.2) is 0 Å². The number of benzene rings is 2. The van der Waals surface area contributed by atoms with Crippen molar-refractivity contribution < 1.29 is 60.1 Å². The van der Waals surface area contributed by atoms with Gasteiger partial charge in [0.2, 0.25) is 0 Å². The monoisotopic (exact) mass is 230 g/mol. The summed E-state index contributed by atoms with van der Waals surface area (Å²) in [6.45, 7) is 0. The van der Waals surface area contributed by atoms with Gasteiger partial charge in [-0.2, -0.15) is 0 Å². The molecule has 66 valence electrons. The van der Waals surface area contributed by atoms with Crippen molar-refractivity contribution in [2.24, 2.45) is 0 Å². The molecule has 2 nitrogen and oxygen atoms in total. The normalized spacial score (nSPS) is 9.50. The van der Waals surface area contributed by atoms with E-state index in [1.807, 2.05) is 36.4 Å². The fourth-order valence-corrected chi connectivity index (χ4v) is 1.44. The second-order valence-electron chi connectivity index (χ2n) is 2.66. The van der Waals surface area contributed by atoms with Gasteiger partial charge in [0.05, 0.1) is 0 Å². The Bertz CT molecular complexity index is 420. The van der Waals surface area contributed by atoms with Gasteiger partial charge in [-0.1, -0.05) is 30.3 Å². The Morgan fingerprint density at radius 3 is 2.43 bits per heavy atom. The molecule has 0 N–H and O–H groups in total. The molecule has 0 saturated carbocycles. The van der Waals surface area contributed by atoms with Crippen LogP contribution in [0.25, 0.3) is 10.8 Å². The van der Waals surface area contributed by atoms with Crippen LogP contribution >= 0.6 is 12.3 Å². The van der Waals surface area contributed by atoms with E-state index in [2.05, 4.69) is 0 Å². The molecule has 0 bridgehead atoms. The van der Waals surface area contributed by atoms with E-state index in [1.165, 1.54) is 0 Å². The predicted molar refractivity (Wildman–Crippen MR) is 52.9 cm³/mol. The molecule has 0 spiro atoms. The Balaban J connectivity index is 0.000000980. The van der Waals surface area contributed by atoms with Gasteiger partial charge in [-0.15, -0.1) is 0 Å². The minimum absolute atomic E-state index is 0. The Hall–Kier alpha value is 0.446. The molecule has 0 amide bonds. The van der Waals surface area contributed by atoms with E-state index >= 15 is 0 Å². The minimum Gasteiger partial charge on any atom is -0.766 e. The fourth-order valence-electron chi connectivity index (χ4n) is 1.26. The second-order valence-corrected chi connectivity index (χ2v) is 2.96. The first-order valence-electron chi connectivity index (χ1n) is 3.85. The third kappa shape index (κ3) is 2.97. The van der Waals surface area contributed by atoms with Crippen LogP contribution < -0.4 is 55.6 Å². The second kappa shape index (κ2) is 6.12. The van der Waals surface area contributed by atoms with Gasteiger partial charge in [0.15, 0.2) is 0 Å². The van der Waals surface area contributed by atoms with Crippen molar-refractivity contribution in [1.82, 2.24) is 0 Å². The van der Waals surface area contributed by atoms with Crippen LogP contribution in [0, 0.1) is 0 Å². The fraction of sp³-hybridized carbons (Fsp3) is 0. The molecule has 0 aliphatic heterocycles. The van der Waals surface area contributed by atoms with Crippen molar-refractivity contribution in [3.05, 3.63) is 42.5 Å². The van der Waals surface area contributed by atoms with Crippen LogP contribution in [0.4, 0.5) is 0 Å². The molecule has 0 fully saturated rings. The van der Waals surface area contributed by atoms with Crippen LogP contribution in [-0.4, -0.2) is 4.55 Å². The first-order valence-corrected chi connectivity index (χ1v) is 4.52. The molecule has 0 aromatic heterocycles. The van der Waals surface area contributed by atoms with Crippen molar-refractivity contribution >= 4 is 23.1 Å². The zero-order valence-corrected chi connectivity index (χ0v) is 11.7. The van der Waals surface area contributed by atoms with E-state index < -0.39 is 0 Å². The molecule has 2 rings (SSSR count). The molecule has 2 aromatic carbocycles. The maximum atomic E-state index is 10.1. The molecule has 0 unspecified atom stereocenters. The summed E-state index contributed by atoms with van der Waals surface area (Å²) in [5.74, 6) is 0.596. The summed E-state index contributed by atoms with van der Waals surface area (Å²) in [4.78, 5) is 0. The standard InChI is InChI=1S/C10H8O2S.K/c11-13-12-10-6-5-8-3-1-2-4-9(8)7-10;/h1-7,11H;/q;+1/p-1. The largest absolute Gasteiger partial charge is 1.00 e. The summed E-state index contributed by atoms with van der Waals surface area (Å²) in [6.07, 6.45) is 0. The molecule has 0 aliphatic carbocycles. The van der Waals surface area contributed by atoms with Crippen LogP contribution in [0.3, 0.4) is 0 Å². The maximum absolute atomic E-state index is 10.1. The van der Waals surface area contributed by atoms with E-state index in [0.29, 0.717) is 5.75 Å². The SMILES string of the molecule is [K+].[O-]SOc1ccc2ccccc2c1. The molecule has 0 radical (unpaired) electrons. The van der Waals surface area contributed by atoms with Crippen molar-refractivity contribution in [2.75, 3.05) is 0 Å². The number of fused-ring (bicyclic) bond motifs is 1. The average Bonchev–Trinajstić information content (AvgIpc) is 2.18. The van der Waals surface area contributed by atoms with Crippen molar-refractivity contribution in [3.63, 3.8) is 0 Å². The van der Waals surface area contributed by atoms with Crippen LogP contribution in [-0.2, 0) is 0 Å². The average molecular weight is 230 g/mol. The number of hydrogen-bond donors (Lipinski definition) is 0. The maximum Gasteiger partial charge on any atom is 1.00 e. The molecule has 0 atom stereocenters. The summed E-state index contributed by atoms with van der Waals surface area (Å²) < 4.78 is 14.9. The van der Waals surface area contributed by atoms with Crippen molar-refractivity contribution in [2.45, 2.75) is 0 Å². The number of rotatable bonds is 2. The van der Waals surface area contributed by atoms with Crippen LogP contribution in [0.2, 0.25) is 0 Å². The minimum atomic E-state index is 0. The zero-order valence-electron chi connectivity index (χ0n) is 7.77. The summed E-state index contributed by atoms with van der Waals surface area (Å²) in [5.41, 5.74) is 0. The van der Waals surface area contributed by atoms with Crippen LogP contribution in [0.15, 0.2) is 42.5 Å². The topological polar surface area (TPSA) is 32.3 Å². The van der Waals surface area contributed by atoms with E-state index in [-0.39, 0.29) is 63.7 Å².